The number of nitrogens with one attached hydrogen (secondary N) is 1. The Kier molecular flexibility index (Phi) is 6.56. The Bertz CT molecular complexity index is 930. The van der Waals surface area contributed by atoms with Crippen LogP contribution in [0.15, 0.2) is 54.0 Å². The third kappa shape index (κ3) is 5.03. The van der Waals surface area contributed by atoms with E-state index in [9.17, 15) is 5.11 Å². The predicted molar refractivity (Wildman–Crippen MR) is 117 cm³/mol. The maximum atomic E-state index is 10.1. The van der Waals surface area contributed by atoms with E-state index >= 15 is 0 Å². The summed E-state index contributed by atoms with van der Waals surface area (Å²) in [7, 11) is 1.87. The molecule has 3 aromatic rings. The van der Waals surface area contributed by atoms with E-state index in [1.165, 1.54) is 11.1 Å². The summed E-state index contributed by atoms with van der Waals surface area (Å²) in [5.74, 6) is 0.970. The Morgan fingerprint density at radius 2 is 2.17 bits per heavy atom. The van der Waals surface area contributed by atoms with Gasteiger partial charge in [-0.3, -0.25) is 4.90 Å². The van der Waals surface area contributed by atoms with Crippen molar-refractivity contribution >= 4 is 11.3 Å². The molecule has 2 heterocycles. The Morgan fingerprint density at radius 3 is 3.00 bits per heavy atom. The van der Waals surface area contributed by atoms with E-state index in [1.54, 1.807) is 11.3 Å². The zero-order chi connectivity index (χ0) is 20.1. The van der Waals surface area contributed by atoms with Gasteiger partial charge in [-0.05, 0) is 42.3 Å². The molecule has 5 nitrogen and oxygen atoms in total. The van der Waals surface area contributed by atoms with Crippen molar-refractivity contribution in [2.24, 2.45) is 0 Å². The molecule has 0 fully saturated rings. The zero-order valence-corrected chi connectivity index (χ0v) is 17.5. The molecular weight excluding hydrogens is 382 g/mol. The number of nitrogens with zero attached hydrogens (tertiary/aromatic N) is 2. The summed E-state index contributed by atoms with van der Waals surface area (Å²) in [5, 5.41) is 16.1. The number of rotatable bonds is 8. The monoisotopic (exact) mass is 409 g/mol. The Labute approximate surface area is 176 Å². The highest BCUT2D eigenvalue weighted by atomic mass is 32.1. The largest absolute Gasteiger partial charge is 0.489 e. The number of fused-ring (bicyclic) bond motifs is 1. The summed E-state index contributed by atoms with van der Waals surface area (Å²) in [6, 6.07) is 14.7. The second kappa shape index (κ2) is 9.50. The van der Waals surface area contributed by atoms with Gasteiger partial charge in [0.25, 0.3) is 0 Å². The van der Waals surface area contributed by atoms with Gasteiger partial charge in [-0.25, -0.2) is 4.98 Å². The number of aliphatic hydroxyl groups excluding tert-OH is 1. The van der Waals surface area contributed by atoms with Crippen molar-refractivity contribution in [2.45, 2.75) is 25.7 Å². The van der Waals surface area contributed by atoms with Crippen LogP contribution in [-0.2, 0) is 19.6 Å². The van der Waals surface area contributed by atoms with Crippen LogP contribution >= 0.6 is 11.3 Å². The average Bonchev–Trinajstić information content (AvgIpc) is 3.27. The molecule has 152 valence electrons. The molecule has 1 unspecified atom stereocenters. The van der Waals surface area contributed by atoms with Crippen molar-refractivity contribution in [1.82, 2.24) is 15.2 Å². The van der Waals surface area contributed by atoms with Gasteiger partial charge < -0.3 is 15.2 Å². The molecular formula is C23H27N3O2S. The van der Waals surface area contributed by atoms with Gasteiger partial charge in [-0.15, -0.1) is 11.3 Å². The van der Waals surface area contributed by atoms with Crippen LogP contribution in [0.3, 0.4) is 0 Å². The lowest BCUT2D eigenvalue weighted by Crippen LogP contribution is -2.40. The summed E-state index contributed by atoms with van der Waals surface area (Å²) < 4.78 is 6.22. The van der Waals surface area contributed by atoms with Crippen molar-refractivity contribution in [3.05, 3.63) is 70.7 Å². The number of β-amino-alcohol motifs (C(OH)–C–C–N with tert-alkyl or cyclic N) is 1. The molecule has 0 bridgehead atoms. The number of aliphatic hydroxyl groups is 1. The van der Waals surface area contributed by atoms with E-state index in [0.29, 0.717) is 19.7 Å². The maximum absolute atomic E-state index is 10.1. The fourth-order valence-electron chi connectivity index (χ4n) is 3.84. The normalized spacial score (nSPS) is 15.1. The maximum Gasteiger partial charge on any atom is 0.123 e. The third-order valence-electron chi connectivity index (χ3n) is 5.21. The number of thiazole rings is 1. The van der Waals surface area contributed by atoms with Crippen LogP contribution in [0, 0.1) is 0 Å². The van der Waals surface area contributed by atoms with Gasteiger partial charge in [0.1, 0.15) is 17.4 Å². The molecule has 1 aromatic heterocycles. The molecule has 6 heteroatoms. The molecule has 0 radical (unpaired) electrons. The molecule has 1 aliphatic heterocycles. The van der Waals surface area contributed by atoms with E-state index in [2.05, 4.69) is 57.7 Å². The highest BCUT2D eigenvalue weighted by molar-refractivity contribution is 7.13. The molecule has 4 rings (SSSR count). The van der Waals surface area contributed by atoms with Crippen molar-refractivity contribution < 1.29 is 9.84 Å². The van der Waals surface area contributed by atoms with Gasteiger partial charge in [-0.2, -0.15) is 0 Å². The van der Waals surface area contributed by atoms with Crippen LogP contribution < -0.4 is 10.1 Å². The molecule has 0 saturated carbocycles. The van der Waals surface area contributed by atoms with Crippen LogP contribution in [0.5, 0.6) is 5.75 Å². The van der Waals surface area contributed by atoms with Crippen molar-refractivity contribution in [3.8, 4) is 16.3 Å². The van der Waals surface area contributed by atoms with Gasteiger partial charge in [0.05, 0.1) is 6.10 Å². The van der Waals surface area contributed by atoms with Crippen molar-refractivity contribution in [2.75, 3.05) is 26.7 Å². The lowest BCUT2D eigenvalue weighted by molar-refractivity contribution is 0.105. The van der Waals surface area contributed by atoms with E-state index < -0.39 is 0 Å². The van der Waals surface area contributed by atoms with Crippen LogP contribution in [0.2, 0.25) is 0 Å². The van der Waals surface area contributed by atoms with Gasteiger partial charge in [0, 0.05) is 43.3 Å². The topological polar surface area (TPSA) is 57.6 Å². The molecule has 29 heavy (non-hydrogen) atoms. The van der Waals surface area contributed by atoms with Gasteiger partial charge in [0.15, 0.2) is 0 Å². The number of benzene rings is 2. The highest BCUT2D eigenvalue weighted by Gasteiger charge is 2.21. The molecule has 0 amide bonds. The number of likely N-dealkylation sites (N-methyl/N-ethyl adjacent to an activating group) is 1. The summed E-state index contributed by atoms with van der Waals surface area (Å²) in [6.45, 7) is 3.64. The van der Waals surface area contributed by atoms with E-state index in [4.69, 9.17) is 4.74 Å². The first-order chi connectivity index (χ1) is 14.2. The lowest BCUT2D eigenvalue weighted by Gasteiger charge is -2.31. The van der Waals surface area contributed by atoms with Crippen molar-refractivity contribution in [3.63, 3.8) is 0 Å². The minimum absolute atomic E-state index is 0.342. The summed E-state index contributed by atoms with van der Waals surface area (Å²) in [4.78, 5) is 6.71. The minimum atomic E-state index is -0.342. The molecule has 0 spiro atoms. The van der Waals surface area contributed by atoms with E-state index in [-0.39, 0.29) is 6.10 Å². The smallest absolute Gasteiger partial charge is 0.123 e. The van der Waals surface area contributed by atoms with Crippen LogP contribution in [-0.4, -0.2) is 47.8 Å². The minimum Gasteiger partial charge on any atom is -0.489 e. The zero-order valence-electron chi connectivity index (χ0n) is 16.7. The number of hydrogen-bond acceptors (Lipinski definition) is 6. The highest BCUT2D eigenvalue weighted by Crippen LogP contribution is 2.29. The number of hydrogen-bond donors (Lipinski definition) is 2. The fourth-order valence-corrected chi connectivity index (χ4v) is 4.48. The Balaban J connectivity index is 1.42. The second-order valence-corrected chi connectivity index (χ2v) is 8.31. The second-order valence-electron chi connectivity index (χ2n) is 7.42. The van der Waals surface area contributed by atoms with Crippen LogP contribution in [0.25, 0.3) is 10.6 Å². The van der Waals surface area contributed by atoms with Crippen molar-refractivity contribution in [1.29, 1.82) is 0 Å². The fraction of sp³-hybridized carbons (Fsp3) is 0.348. The number of aromatic nitrogens is 1. The molecule has 0 aliphatic carbocycles. The molecule has 1 aliphatic rings. The van der Waals surface area contributed by atoms with Crippen LogP contribution in [0.1, 0.15) is 16.7 Å². The number of ether oxygens (including phenoxy) is 1. The quantitative estimate of drug-likeness (QED) is 0.598. The standard InChI is InChI=1S/C23H27N3O2S/c1-24-13-20(27)15-26-10-8-21-19(14-26)6-3-7-22(21)28-16-17-4-2-5-18(12-17)23-25-9-11-29-23/h2-7,9,11-12,20,24,27H,8,10,13-16H2,1H3. The lowest BCUT2D eigenvalue weighted by atomic mass is 9.98. The average molecular weight is 410 g/mol. The Hall–Kier alpha value is -2.25. The van der Waals surface area contributed by atoms with Gasteiger partial charge >= 0.3 is 0 Å². The van der Waals surface area contributed by atoms with Crippen LogP contribution in [0.4, 0.5) is 0 Å². The molecule has 1 atom stereocenters. The molecule has 0 saturated heterocycles. The van der Waals surface area contributed by atoms with Gasteiger partial charge in [-0.1, -0.05) is 30.3 Å². The first kappa shape index (κ1) is 20.0. The first-order valence-corrected chi connectivity index (χ1v) is 10.9. The summed E-state index contributed by atoms with van der Waals surface area (Å²) in [5.41, 5.74) is 4.86. The third-order valence-corrected chi connectivity index (χ3v) is 6.03. The van der Waals surface area contributed by atoms with E-state index in [0.717, 1.165) is 41.4 Å². The Morgan fingerprint density at radius 1 is 1.28 bits per heavy atom. The summed E-state index contributed by atoms with van der Waals surface area (Å²) >= 11 is 1.65. The van der Waals surface area contributed by atoms with Gasteiger partial charge in [0.2, 0.25) is 0 Å². The SMILES string of the molecule is CNCC(O)CN1CCc2c(cccc2OCc2cccc(-c3nccs3)c2)C1. The van der Waals surface area contributed by atoms with E-state index in [1.807, 2.05) is 18.6 Å². The first-order valence-electron chi connectivity index (χ1n) is 10.0. The molecule has 2 aromatic carbocycles. The predicted octanol–water partition coefficient (Wildman–Crippen LogP) is 3.33. The summed E-state index contributed by atoms with van der Waals surface area (Å²) in [6.07, 6.45) is 2.43. The molecule has 2 N–H and O–H groups in total.